The van der Waals surface area contributed by atoms with E-state index in [4.69, 9.17) is 0 Å². The van der Waals surface area contributed by atoms with Gasteiger partial charge in [0.1, 0.15) is 0 Å². The summed E-state index contributed by atoms with van der Waals surface area (Å²) in [6, 6.07) is 0. The molecule has 0 bridgehead atoms. The second-order valence-electron chi connectivity index (χ2n) is 2.61. The van der Waals surface area contributed by atoms with Gasteiger partial charge in [0.15, 0.2) is 0 Å². The molecule has 0 radical (unpaired) electrons. The Morgan fingerprint density at radius 1 is 1.67 bits per heavy atom. The molecule has 0 heterocycles. The number of halogens is 1. The van der Waals surface area contributed by atoms with Crippen molar-refractivity contribution >= 4 is 15.9 Å². The fourth-order valence-corrected chi connectivity index (χ4v) is 1.52. The first kappa shape index (κ1) is 7.07. The Morgan fingerprint density at radius 2 is 2.33 bits per heavy atom. The molecule has 50 valence electrons. The Balaban J connectivity index is 2.75. The summed E-state index contributed by atoms with van der Waals surface area (Å²) >= 11 is 3.49. The predicted octanol–water partition coefficient (Wildman–Crippen LogP) is 3.25. The van der Waals surface area contributed by atoms with Crippen molar-refractivity contribution in [3.8, 4) is 0 Å². The van der Waals surface area contributed by atoms with Crippen LogP contribution in [0, 0.1) is 5.92 Å². The van der Waals surface area contributed by atoms with Crippen molar-refractivity contribution in [2.24, 2.45) is 5.92 Å². The maximum atomic E-state index is 3.49. The normalized spacial score (nSPS) is 27.2. The lowest BCUT2D eigenvalue weighted by atomic mass is 10.00. The first-order valence-corrected chi connectivity index (χ1v) is 4.04. The highest BCUT2D eigenvalue weighted by atomic mass is 79.9. The molecule has 0 nitrogen and oxygen atoms in total. The summed E-state index contributed by atoms with van der Waals surface area (Å²) in [7, 11) is 0. The third kappa shape index (κ3) is 1.68. The van der Waals surface area contributed by atoms with Crippen LogP contribution in [0.2, 0.25) is 0 Å². The molecule has 1 heteroatoms. The molecule has 1 unspecified atom stereocenters. The SMILES string of the molecule is CC1=CCC(C)C=C1Br. The number of hydrogen-bond acceptors (Lipinski definition) is 0. The van der Waals surface area contributed by atoms with Crippen molar-refractivity contribution in [2.75, 3.05) is 0 Å². The van der Waals surface area contributed by atoms with Crippen LogP contribution in [0.25, 0.3) is 0 Å². The Hall–Kier alpha value is -0.0400. The van der Waals surface area contributed by atoms with E-state index in [-0.39, 0.29) is 0 Å². The first-order chi connectivity index (χ1) is 4.20. The first-order valence-electron chi connectivity index (χ1n) is 3.24. The van der Waals surface area contributed by atoms with Crippen LogP contribution in [0.4, 0.5) is 0 Å². The van der Waals surface area contributed by atoms with Crippen molar-refractivity contribution in [3.63, 3.8) is 0 Å². The van der Waals surface area contributed by atoms with Gasteiger partial charge in [0.2, 0.25) is 0 Å². The van der Waals surface area contributed by atoms with Gasteiger partial charge >= 0.3 is 0 Å². The second-order valence-corrected chi connectivity index (χ2v) is 3.47. The molecule has 0 saturated carbocycles. The van der Waals surface area contributed by atoms with Gasteiger partial charge in [0.25, 0.3) is 0 Å². The fourth-order valence-electron chi connectivity index (χ4n) is 0.909. The van der Waals surface area contributed by atoms with Crippen LogP contribution in [-0.2, 0) is 0 Å². The van der Waals surface area contributed by atoms with Crippen molar-refractivity contribution < 1.29 is 0 Å². The van der Waals surface area contributed by atoms with Crippen LogP contribution < -0.4 is 0 Å². The van der Waals surface area contributed by atoms with Gasteiger partial charge in [-0.3, -0.25) is 0 Å². The van der Waals surface area contributed by atoms with E-state index >= 15 is 0 Å². The van der Waals surface area contributed by atoms with Crippen molar-refractivity contribution in [2.45, 2.75) is 20.3 Å². The van der Waals surface area contributed by atoms with Gasteiger partial charge in [0, 0.05) is 4.48 Å². The summed E-state index contributed by atoms with van der Waals surface area (Å²) in [5.74, 6) is 0.711. The van der Waals surface area contributed by atoms with Crippen molar-refractivity contribution in [1.29, 1.82) is 0 Å². The monoisotopic (exact) mass is 186 g/mol. The van der Waals surface area contributed by atoms with Gasteiger partial charge in [-0.1, -0.05) is 35.0 Å². The molecule has 1 rings (SSSR count). The zero-order chi connectivity index (χ0) is 6.85. The molecule has 0 aromatic carbocycles. The highest BCUT2D eigenvalue weighted by Crippen LogP contribution is 2.25. The van der Waals surface area contributed by atoms with E-state index in [2.05, 4.69) is 41.9 Å². The third-order valence-corrected chi connectivity index (χ3v) is 2.49. The Bertz CT molecular complexity index is 165. The van der Waals surface area contributed by atoms with Crippen LogP contribution >= 0.6 is 15.9 Å². The highest BCUT2D eigenvalue weighted by Gasteiger charge is 2.05. The highest BCUT2D eigenvalue weighted by molar-refractivity contribution is 9.12. The zero-order valence-electron chi connectivity index (χ0n) is 5.82. The number of allylic oxidation sites excluding steroid dienone is 4. The summed E-state index contributed by atoms with van der Waals surface area (Å²) in [6.45, 7) is 4.36. The van der Waals surface area contributed by atoms with Crippen molar-refractivity contribution in [3.05, 3.63) is 22.2 Å². The maximum Gasteiger partial charge on any atom is 0.0164 e. The van der Waals surface area contributed by atoms with Gasteiger partial charge < -0.3 is 0 Å². The smallest absolute Gasteiger partial charge is 0.0164 e. The molecule has 0 aromatic rings. The lowest BCUT2D eigenvalue weighted by molar-refractivity contribution is 0.729. The van der Waals surface area contributed by atoms with Crippen LogP contribution in [-0.4, -0.2) is 0 Å². The second kappa shape index (κ2) is 2.70. The van der Waals surface area contributed by atoms with E-state index in [0.29, 0.717) is 5.92 Å². The molecule has 0 spiro atoms. The van der Waals surface area contributed by atoms with Crippen LogP contribution in [0.3, 0.4) is 0 Å². The summed E-state index contributed by atoms with van der Waals surface area (Å²) in [5.41, 5.74) is 1.37. The lowest BCUT2D eigenvalue weighted by Crippen LogP contribution is -1.94. The molecule has 1 aliphatic carbocycles. The summed E-state index contributed by atoms with van der Waals surface area (Å²) in [5, 5.41) is 0. The number of rotatable bonds is 0. The van der Waals surface area contributed by atoms with Crippen LogP contribution in [0.5, 0.6) is 0 Å². The number of hydrogen-bond donors (Lipinski definition) is 0. The van der Waals surface area contributed by atoms with Gasteiger partial charge in [-0.2, -0.15) is 0 Å². The Morgan fingerprint density at radius 3 is 2.78 bits per heavy atom. The summed E-state index contributed by atoms with van der Waals surface area (Å²) in [6.07, 6.45) is 5.73. The molecule has 0 fully saturated rings. The lowest BCUT2D eigenvalue weighted by Gasteiger charge is -2.11. The molecule has 0 aliphatic heterocycles. The van der Waals surface area contributed by atoms with Crippen molar-refractivity contribution in [1.82, 2.24) is 0 Å². The van der Waals surface area contributed by atoms with Gasteiger partial charge in [0.05, 0.1) is 0 Å². The molecule has 9 heavy (non-hydrogen) atoms. The Labute approximate surface area is 64.8 Å². The molecule has 0 amide bonds. The van der Waals surface area contributed by atoms with E-state index in [1.807, 2.05) is 0 Å². The van der Waals surface area contributed by atoms with E-state index in [0.717, 1.165) is 0 Å². The molecule has 0 saturated heterocycles. The van der Waals surface area contributed by atoms with E-state index in [9.17, 15) is 0 Å². The molecule has 0 N–H and O–H groups in total. The minimum atomic E-state index is 0.711. The van der Waals surface area contributed by atoms with Gasteiger partial charge in [-0.05, 0) is 24.8 Å². The summed E-state index contributed by atoms with van der Waals surface area (Å²) < 4.78 is 1.27. The summed E-state index contributed by atoms with van der Waals surface area (Å²) in [4.78, 5) is 0. The molecule has 1 atom stereocenters. The minimum absolute atomic E-state index is 0.711. The van der Waals surface area contributed by atoms with Crippen LogP contribution in [0.15, 0.2) is 22.2 Å². The van der Waals surface area contributed by atoms with E-state index in [1.165, 1.54) is 16.5 Å². The average molecular weight is 187 g/mol. The average Bonchev–Trinajstić information content (AvgIpc) is 1.80. The fraction of sp³-hybridized carbons (Fsp3) is 0.500. The van der Waals surface area contributed by atoms with Gasteiger partial charge in [-0.25, -0.2) is 0 Å². The Kier molecular flexibility index (Phi) is 2.12. The largest absolute Gasteiger partial charge is 0.0799 e. The van der Waals surface area contributed by atoms with E-state index in [1.54, 1.807) is 0 Å². The maximum absolute atomic E-state index is 3.49. The zero-order valence-corrected chi connectivity index (χ0v) is 7.40. The van der Waals surface area contributed by atoms with Gasteiger partial charge in [-0.15, -0.1) is 0 Å². The molecular weight excluding hydrogens is 176 g/mol. The predicted molar refractivity (Wildman–Crippen MR) is 44.5 cm³/mol. The topological polar surface area (TPSA) is 0 Å². The molecule has 0 aromatic heterocycles. The quantitative estimate of drug-likeness (QED) is 0.546. The van der Waals surface area contributed by atoms with Crippen LogP contribution in [0.1, 0.15) is 20.3 Å². The standard InChI is InChI=1S/C8H11Br/c1-6-3-4-7(2)8(9)5-6/h4-6H,3H2,1-2H3. The van der Waals surface area contributed by atoms with E-state index < -0.39 is 0 Å². The molecule has 1 aliphatic rings. The minimum Gasteiger partial charge on any atom is -0.0799 e. The third-order valence-electron chi connectivity index (χ3n) is 1.60. The molecular formula is C8H11Br.